The molecule has 0 aliphatic rings. The van der Waals surface area contributed by atoms with E-state index in [1.54, 1.807) is 0 Å². The van der Waals surface area contributed by atoms with E-state index < -0.39 is 0 Å². The molecule has 0 fully saturated rings. The average molecular weight is 492 g/mol. The Kier molecular flexibility index (Phi) is 4.32. The van der Waals surface area contributed by atoms with E-state index in [0.717, 1.165) is 77.0 Å². The molecule has 8 aromatic rings. The van der Waals surface area contributed by atoms with Crippen molar-refractivity contribution >= 4 is 66.2 Å². The fourth-order valence-electron chi connectivity index (χ4n) is 5.20. The first-order valence-corrected chi connectivity index (χ1v) is 12.8. The minimum absolute atomic E-state index is 0.893. The van der Waals surface area contributed by atoms with Crippen molar-refractivity contribution < 1.29 is 0 Å². The molecular formula is C31H17N5S. The quantitative estimate of drug-likeness (QED) is 0.231. The molecular weight excluding hydrogens is 474 g/mol. The molecule has 0 radical (unpaired) electrons. The average Bonchev–Trinajstić information content (AvgIpc) is 3.46. The van der Waals surface area contributed by atoms with E-state index in [4.69, 9.17) is 9.97 Å². The third-order valence-corrected chi connectivity index (χ3v) is 7.50. The number of rotatable bonds is 2. The van der Waals surface area contributed by atoms with Crippen LogP contribution in [0.2, 0.25) is 0 Å². The predicted molar refractivity (Wildman–Crippen MR) is 152 cm³/mol. The van der Waals surface area contributed by atoms with Gasteiger partial charge in [-0.2, -0.15) is 8.75 Å². The summed E-state index contributed by atoms with van der Waals surface area (Å²) in [5, 5.41) is 5.38. The van der Waals surface area contributed by atoms with Gasteiger partial charge < -0.3 is 0 Å². The third-order valence-electron chi connectivity index (χ3n) is 6.96. The lowest BCUT2D eigenvalue weighted by molar-refractivity contribution is 1.37. The summed E-state index contributed by atoms with van der Waals surface area (Å²) < 4.78 is 9.15. The Bertz CT molecular complexity index is 2150. The molecule has 4 aromatic heterocycles. The number of hydrogen-bond donors (Lipinski definition) is 0. The molecule has 0 saturated carbocycles. The second-order valence-corrected chi connectivity index (χ2v) is 9.62. The maximum Gasteiger partial charge on any atom is 0.113 e. The van der Waals surface area contributed by atoms with Gasteiger partial charge in [-0.3, -0.25) is 4.98 Å². The van der Waals surface area contributed by atoms with Crippen LogP contribution in [0.5, 0.6) is 0 Å². The lowest BCUT2D eigenvalue weighted by atomic mass is 9.97. The number of nitrogens with zero attached hydrogens (tertiary/aromatic N) is 5. The fraction of sp³-hybridized carbons (Fsp3) is 0. The largest absolute Gasteiger partial charge is 0.254 e. The molecule has 0 N–H and O–H groups in total. The summed E-state index contributed by atoms with van der Waals surface area (Å²) in [6, 6.07) is 33.3. The van der Waals surface area contributed by atoms with Gasteiger partial charge in [0.25, 0.3) is 0 Å². The number of fused-ring (bicyclic) bond motifs is 8. The lowest BCUT2D eigenvalue weighted by Crippen LogP contribution is -1.92. The fourth-order valence-corrected chi connectivity index (χ4v) is 5.74. The van der Waals surface area contributed by atoms with E-state index in [1.807, 2.05) is 36.5 Å². The molecule has 0 aliphatic carbocycles. The summed E-state index contributed by atoms with van der Waals surface area (Å²) in [5.74, 6) is 0. The van der Waals surface area contributed by atoms with E-state index in [0.29, 0.717) is 0 Å². The molecule has 0 amide bonds. The van der Waals surface area contributed by atoms with Crippen molar-refractivity contribution in [3.8, 4) is 22.5 Å². The zero-order valence-corrected chi connectivity index (χ0v) is 20.3. The molecule has 172 valence electrons. The monoisotopic (exact) mass is 491 g/mol. The van der Waals surface area contributed by atoms with Crippen molar-refractivity contribution in [3.63, 3.8) is 0 Å². The van der Waals surface area contributed by atoms with Gasteiger partial charge in [0.2, 0.25) is 0 Å². The van der Waals surface area contributed by atoms with Crippen LogP contribution in [-0.2, 0) is 0 Å². The van der Waals surface area contributed by atoms with Gasteiger partial charge in [0.1, 0.15) is 11.0 Å². The van der Waals surface area contributed by atoms with Gasteiger partial charge in [-0.1, -0.05) is 66.7 Å². The first kappa shape index (κ1) is 20.4. The van der Waals surface area contributed by atoms with Crippen LogP contribution in [0.1, 0.15) is 0 Å². The molecule has 37 heavy (non-hydrogen) atoms. The van der Waals surface area contributed by atoms with Gasteiger partial charge in [0.05, 0.1) is 39.7 Å². The second-order valence-electron chi connectivity index (χ2n) is 9.09. The Morgan fingerprint density at radius 2 is 1.38 bits per heavy atom. The van der Waals surface area contributed by atoms with E-state index in [9.17, 15) is 0 Å². The Morgan fingerprint density at radius 1 is 0.541 bits per heavy atom. The number of benzene rings is 4. The first-order chi connectivity index (χ1) is 18.3. The van der Waals surface area contributed by atoms with Crippen molar-refractivity contribution in [1.82, 2.24) is 23.7 Å². The smallest absolute Gasteiger partial charge is 0.113 e. The van der Waals surface area contributed by atoms with Gasteiger partial charge >= 0.3 is 0 Å². The molecule has 4 aromatic carbocycles. The SMILES string of the molecule is c1ccc(-c2nc3cc(-c4ccc5ccc6cccnc6c5n4)ccc3c3c2ccc2nsnc23)cc1. The topological polar surface area (TPSA) is 64.5 Å². The third kappa shape index (κ3) is 3.13. The first-order valence-electron chi connectivity index (χ1n) is 12.0. The van der Waals surface area contributed by atoms with Crippen LogP contribution in [0.4, 0.5) is 0 Å². The van der Waals surface area contributed by atoms with E-state index >= 15 is 0 Å². The molecule has 0 spiro atoms. The van der Waals surface area contributed by atoms with E-state index in [-0.39, 0.29) is 0 Å². The molecule has 4 heterocycles. The second kappa shape index (κ2) is 7.85. The zero-order chi connectivity index (χ0) is 24.3. The highest BCUT2D eigenvalue weighted by atomic mass is 32.1. The minimum Gasteiger partial charge on any atom is -0.254 e. The highest BCUT2D eigenvalue weighted by Gasteiger charge is 2.16. The summed E-state index contributed by atoms with van der Waals surface area (Å²) in [4.78, 5) is 14.8. The molecule has 0 atom stereocenters. The van der Waals surface area contributed by atoms with Gasteiger partial charge in [0.15, 0.2) is 0 Å². The summed E-state index contributed by atoms with van der Waals surface area (Å²) >= 11 is 1.24. The van der Waals surface area contributed by atoms with Crippen molar-refractivity contribution in [3.05, 3.63) is 103 Å². The molecule has 0 saturated heterocycles. The Morgan fingerprint density at radius 3 is 2.30 bits per heavy atom. The van der Waals surface area contributed by atoms with Gasteiger partial charge in [-0.25, -0.2) is 9.97 Å². The molecule has 5 nitrogen and oxygen atoms in total. The van der Waals surface area contributed by atoms with Gasteiger partial charge in [-0.05, 0) is 30.3 Å². The van der Waals surface area contributed by atoms with Gasteiger partial charge in [-0.15, -0.1) is 0 Å². The van der Waals surface area contributed by atoms with Crippen LogP contribution >= 0.6 is 11.7 Å². The summed E-state index contributed by atoms with van der Waals surface area (Å²) in [6.07, 6.45) is 1.82. The van der Waals surface area contributed by atoms with Crippen molar-refractivity contribution in [2.24, 2.45) is 0 Å². The highest BCUT2D eigenvalue weighted by molar-refractivity contribution is 7.00. The Hall–Kier alpha value is -4.81. The lowest BCUT2D eigenvalue weighted by Gasteiger charge is -2.12. The number of hydrogen-bond acceptors (Lipinski definition) is 6. The van der Waals surface area contributed by atoms with Crippen molar-refractivity contribution in [2.45, 2.75) is 0 Å². The maximum absolute atomic E-state index is 5.18. The van der Waals surface area contributed by atoms with Crippen LogP contribution in [0.25, 0.3) is 77.0 Å². The van der Waals surface area contributed by atoms with Crippen LogP contribution in [0, 0.1) is 0 Å². The predicted octanol–water partition coefficient (Wildman–Crippen LogP) is 7.82. The normalized spacial score (nSPS) is 11.8. The van der Waals surface area contributed by atoms with Crippen LogP contribution in [0.3, 0.4) is 0 Å². The van der Waals surface area contributed by atoms with Crippen LogP contribution < -0.4 is 0 Å². The molecule has 0 bridgehead atoms. The Balaban J connectivity index is 1.42. The summed E-state index contributed by atoms with van der Waals surface area (Å²) in [5.41, 5.74) is 8.47. The molecule has 6 heteroatoms. The number of aromatic nitrogens is 5. The van der Waals surface area contributed by atoms with Gasteiger partial charge in [0, 0.05) is 44.3 Å². The highest BCUT2D eigenvalue weighted by Crippen LogP contribution is 2.37. The summed E-state index contributed by atoms with van der Waals surface area (Å²) in [6.45, 7) is 0. The maximum atomic E-state index is 5.18. The van der Waals surface area contributed by atoms with Crippen molar-refractivity contribution in [2.75, 3.05) is 0 Å². The minimum atomic E-state index is 0.893. The summed E-state index contributed by atoms with van der Waals surface area (Å²) in [7, 11) is 0. The molecule has 0 aliphatic heterocycles. The number of pyridine rings is 3. The Labute approximate surface area is 215 Å². The standard InChI is InChI=1S/C31H17N5S/c1-2-5-18(6-3-1)28-23-13-15-25-31(36-37-35-25)27(23)22-12-10-21(17-26(22)34-28)24-14-11-20-9-8-19-7-4-16-32-29(19)30(20)33-24/h1-17H. The van der Waals surface area contributed by atoms with E-state index in [2.05, 4.69) is 80.5 Å². The van der Waals surface area contributed by atoms with Crippen molar-refractivity contribution in [1.29, 1.82) is 0 Å². The van der Waals surface area contributed by atoms with Crippen LogP contribution in [-0.4, -0.2) is 23.7 Å². The zero-order valence-electron chi connectivity index (χ0n) is 19.5. The van der Waals surface area contributed by atoms with E-state index in [1.165, 1.54) is 11.7 Å². The molecule has 0 unspecified atom stereocenters. The molecule has 8 rings (SSSR count). The van der Waals surface area contributed by atoms with Crippen LogP contribution in [0.15, 0.2) is 103 Å².